The minimum Gasteiger partial charge on any atom is -0.508 e. The van der Waals surface area contributed by atoms with Crippen LogP contribution in [0.5, 0.6) is 11.5 Å². The Hall–Kier alpha value is -2.65. The summed E-state index contributed by atoms with van der Waals surface area (Å²) in [6.07, 6.45) is 4.82. The molecule has 1 unspecified atom stereocenters. The van der Waals surface area contributed by atoms with Gasteiger partial charge < -0.3 is 35.2 Å². The predicted molar refractivity (Wildman–Crippen MR) is 140 cm³/mol. The molecule has 1 aliphatic heterocycles. The Balaban J connectivity index is 2.58. The Morgan fingerprint density at radius 1 is 0.972 bits per heavy atom. The highest BCUT2D eigenvalue weighted by molar-refractivity contribution is 6.04. The molecule has 1 heterocycles. The molecule has 0 aliphatic carbocycles. The van der Waals surface area contributed by atoms with Crippen LogP contribution in [0.3, 0.4) is 0 Å². The van der Waals surface area contributed by atoms with Crippen molar-refractivity contribution in [2.45, 2.75) is 65.5 Å². The smallest absolute Gasteiger partial charge is 0.251 e. The molecular formula is C28H41NO7. The summed E-state index contributed by atoms with van der Waals surface area (Å²) in [5.41, 5.74) is 1.24. The maximum atomic E-state index is 12.7. The summed E-state index contributed by atoms with van der Waals surface area (Å²) in [7, 11) is 3.17. The number of aromatic hydroxyl groups is 2. The molecule has 2 bridgehead atoms. The highest BCUT2D eigenvalue weighted by atomic mass is 16.5. The Morgan fingerprint density at radius 2 is 1.64 bits per heavy atom. The van der Waals surface area contributed by atoms with E-state index < -0.39 is 30.1 Å². The number of aliphatic hydroxyl groups is 2. The summed E-state index contributed by atoms with van der Waals surface area (Å²) in [6.45, 7) is 9.16. The molecule has 1 aromatic rings. The van der Waals surface area contributed by atoms with E-state index in [2.05, 4.69) is 5.32 Å². The maximum Gasteiger partial charge on any atom is 0.251 e. The van der Waals surface area contributed by atoms with Gasteiger partial charge in [-0.05, 0) is 37.8 Å². The van der Waals surface area contributed by atoms with Gasteiger partial charge in [-0.25, -0.2) is 0 Å². The third kappa shape index (κ3) is 7.20. The van der Waals surface area contributed by atoms with Crippen molar-refractivity contribution >= 4 is 11.6 Å². The average molecular weight is 504 g/mol. The van der Waals surface area contributed by atoms with Crippen molar-refractivity contribution in [3.8, 4) is 11.5 Å². The van der Waals surface area contributed by atoms with Crippen LogP contribution in [0.25, 0.3) is 0 Å². The van der Waals surface area contributed by atoms with Gasteiger partial charge in [0.15, 0.2) is 0 Å². The lowest BCUT2D eigenvalue weighted by Crippen LogP contribution is -2.37. The van der Waals surface area contributed by atoms with Gasteiger partial charge >= 0.3 is 0 Å². The van der Waals surface area contributed by atoms with Gasteiger partial charge in [-0.3, -0.25) is 4.79 Å². The molecule has 0 fully saturated rings. The van der Waals surface area contributed by atoms with Crippen LogP contribution in [0.2, 0.25) is 0 Å². The number of phenols is 2. The van der Waals surface area contributed by atoms with Crippen LogP contribution in [0.15, 0.2) is 47.6 Å². The topological polar surface area (TPSA) is 128 Å². The van der Waals surface area contributed by atoms with Gasteiger partial charge in [-0.2, -0.15) is 0 Å². The Kier molecular flexibility index (Phi) is 10.7. The Morgan fingerprint density at radius 3 is 2.25 bits per heavy atom. The van der Waals surface area contributed by atoms with Gasteiger partial charge in [0.1, 0.15) is 11.5 Å². The highest BCUT2D eigenvalue weighted by Gasteiger charge is 2.32. The number of rotatable bonds is 2. The molecule has 0 saturated heterocycles. The summed E-state index contributed by atoms with van der Waals surface area (Å²) >= 11 is 0. The van der Waals surface area contributed by atoms with Gasteiger partial charge in [0.25, 0.3) is 5.91 Å². The number of aliphatic hydroxyl groups excluding tert-OH is 2. The van der Waals surface area contributed by atoms with Gasteiger partial charge in [-0.15, -0.1) is 0 Å². The number of hydrogen-bond donors (Lipinski definition) is 5. The van der Waals surface area contributed by atoms with E-state index in [0.29, 0.717) is 12.0 Å². The minimum absolute atomic E-state index is 0.00815. The molecule has 1 aromatic carbocycles. The fourth-order valence-electron chi connectivity index (χ4n) is 4.63. The number of hydrogen-bond acceptors (Lipinski definition) is 7. The van der Waals surface area contributed by atoms with Gasteiger partial charge in [-0.1, -0.05) is 45.1 Å². The molecule has 5 N–H and O–H groups in total. The van der Waals surface area contributed by atoms with Crippen molar-refractivity contribution in [2.75, 3.05) is 19.5 Å². The number of carbonyl (C=O) groups excluding carboxylic acids is 1. The van der Waals surface area contributed by atoms with Crippen molar-refractivity contribution in [3.63, 3.8) is 0 Å². The minimum atomic E-state index is -1.15. The molecule has 1 aliphatic rings. The molecule has 1 amide bonds. The van der Waals surface area contributed by atoms with Crippen molar-refractivity contribution in [2.24, 2.45) is 17.8 Å². The maximum absolute atomic E-state index is 12.7. The normalized spacial score (nSPS) is 34.7. The Bertz CT molecular complexity index is 1000. The van der Waals surface area contributed by atoms with E-state index in [0.717, 1.165) is 5.57 Å². The van der Waals surface area contributed by atoms with Gasteiger partial charge in [0, 0.05) is 43.3 Å². The lowest BCUT2D eigenvalue weighted by Gasteiger charge is -2.32. The van der Waals surface area contributed by atoms with Crippen LogP contribution in [-0.2, 0) is 14.3 Å². The number of fused-ring (bicyclic) bond motifs is 2. The van der Waals surface area contributed by atoms with Crippen molar-refractivity contribution in [3.05, 3.63) is 53.1 Å². The third-order valence-corrected chi connectivity index (χ3v) is 6.90. The molecule has 200 valence electrons. The average Bonchev–Trinajstić information content (AvgIpc) is 2.83. The number of allylic oxidation sites excluding steroid dienone is 2. The van der Waals surface area contributed by atoms with E-state index >= 15 is 0 Å². The third-order valence-electron chi connectivity index (χ3n) is 6.90. The molecule has 7 atom stereocenters. The first kappa shape index (κ1) is 29.6. The van der Waals surface area contributed by atoms with E-state index in [1.54, 1.807) is 33.3 Å². The zero-order chi connectivity index (χ0) is 27.2. The van der Waals surface area contributed by atoms with E-state index in [9.17, 15) is 25.2 Å². The fraction of sp³-hybridized carbons (Fsp3) is 0.536. The second-order valence-electron chi connectivity index (χ2n) is 9.83. The van der Waals surface area contributed by atoms with Crippen LogP contribution >= 0.6 is 0 Å². The molecule has 8 nitrogen and oxygen atoms in total. The summed E-state index contributed by atoms with van der Waals surface area (Å²) in [5.74, 6) is -1.72. The highest BCUT2D eigenvalue weighted by Crippen LogP contribution is 2.40. The van der Waals surface area contributed by atoms with Crippen LogP contribution in [-0.4, -0.2) is 58.9 Å². The number of methoxy groups -OCH3 is 2. The molecule has 0 radical (unpaired) electrons. The monoisotopic (exact) mass is 503 g/mol. The van der Waals surface area contributed by atoms with Crippen molar-refractivity contribution < 1.29 is 34.7 Å². The number of nitrogens with one attached hydrogen (secondary N) is 1. The number of carbonyl (C=O) groups is 1. The quantitative estimate of drug-likeness (QED) is 0.232. The first-order valence-corrected chi connectivity index (χ1v) is 12.2. The second-order valence-corrected chi connectivity index (χ2v) is 9.83. The van der Waals surface area contributed by atoms with Gasteiger partial charge in [0.2, 0.25) is 0 Å². The van der Waals surface area contributed by atoms with Crippen LogP contribution in [0.4, 0.5) is 5.69 Å². The lowest BCUT2D eigenvalue weighted by molar-refractivity contribution is -0.112. The van der Waals surface area contributed by atoms with Crippen LogP contribution in [0.1, 0.15) is 52.7 Å². The zero-order valence-corrected chi connectivity index (χ0v) is 22.2. The van der Waals surface area contributed by atoms with Crippen LogP contribution in [0, 0.1) is 17.8 Å². The molecular weight excluding hydrogens is 462 g/mol. The first-order chi connectivity index (χ1) is 16.9. The van der Waals surface area contributed by atoms with E-state index in [-0.39, 0.29) is 40.7 Å². The van der Waals surface area contributed by atoms with Crippen LogP contribution < -0.4 is 5.32 Å². The van der Waals surface area contributed by atoms with E-state index in [1.165, 1.54) is 12.1 Å². The SMILES string of the molecule is COC1[C@@H](OC)C[C@H](C)[C@@H](O)c2cc(O)cc(c2O)NC(=O)/C(C)=C/C=C\[C@H](C)[C@@H](O)/C(C)=C/[C@@H]1C. The molecule has 8 heteroatoms. The molecule has 0 aromatic heterocycles. The van der Waals surface area contributed by atoms with Gasteiger partial charge in [0.05, 0.1) is 30.1 Å². The summed E-state index contributed by atoms with van der Waals surface area (Å²) in [6, 6.07) is 2.51. The van der Waals surface area contributed by atoms with Crippen molar-refractivity contribution in [1.29, 1.82) is 0 Å². The second kappa shape index (κ2) is 13.1. The molecule has 36 heavy (non-hydrogen) atoms. The lowest BCUT2D eigenvalue weighted by atomic mass is 9.86. The fourth-order valence-corrected chi connectivity index (χ4v) is 4.63. The largest absolute Gasteiger partial charge is 0.508 e. The van der Waals surface area contributed by atoms with Crippen molar-refractivity contribution in [1.82, 2.24) is 0 Å². The zero-order valence-electron chi connectivity index (χ0n) is 22.2. The Labute approximate surface area is 214 Å². The summed E-state index contributed by atoms with van der Waals surface area (Å²) in [5, 5.41) is 45.6. The number of anilines is 1. The summed E-state index contributed by atoms with van der Waals surface area (Å²) < 4.78 is 11.5. The van der Waals surface area contributed by atoms with E-state index in [4.69, 9.17) is 9.47 Å². The number of phenolic OH excluding ortho intramolecular Hbond substituents is 2. The molecule has 2 rings (SSSR count). The summed E-state index contributed by atoms with van der Waals surface area (Å²) in [4.78, 5) is 12.7. The number of ether oxygens (including phenoxy) is 2. The predicted octanol–water partition coefficient (Wildman–Crippen LogP) is 4.22. The first-order valence-electron chi connectivity index (χ1n) is 12.2. The standard InChI is InChI=1S/C28H41NO7/c1-15-9-8-10-16(2)28(34)29-22-14-20(30)13-21(26(22)33)25(32)18(4)12-23(35-6)27(36-7)19(5)11-17(3)24(15)31/h8-11,13-15,18-19,23-25,27,30-33H,12H2,1-7H3,(H,29,34)/b9-8-,16-10+,17-11+/t15-,18-,19-,23-,24+,25+,27?/m0/s1. The molecule has 0 spiro atoms. The number of amides is 1. The van der Waals surface area contributed by atoms with E-state index in [1.807, 2.05) is 39.8 Å². The number of benzene rings is 1. The molecule has 0 saturated carbocycles.